The summed E-state index contributed by atoms with van der Waals surface area (Å²) < 4.78 is 25.5. The second kappa shape index (κ2) is 8.78. The van der Waals surface area contributed by atoms with Crippen molar-refractivity contribution in [3.8, 4) is 0 Å². The molecular weight excluding hydrogens is 336 g/mol. The fourth-order valence-electron chi connectivity index (χ4n) is 2.62. The van der Waals surface area contributed by atoms with E-state index in [0.29, 0.717) is 6.54 Å². The Kier molecular flexibility index (Phi) is 6.73. The molecule has 0 aliphatic rings. The van der Waals surface area contributed by atoms with Gasteiger partial charge in [-0.1, -0.05) is 48.5 Å². The van der Waals surface area contributed by atoms with Gasteiger partial charge in [0, 0.05) is 31.7 Å². The van der Waals surface area contributed by atoms with E-state index >= 15 is 0 Å². The highest BCUT2D eigenvalue weighted by Gasteiger charge is 2.20. The zero-order valence-electron chi connectivity index (χ0n) is 14.6. The summed E-state index contributed by atoms with van der Waals surface area (Å²) in [6.07, 6.45) is 1.32. The molecule has 6 heteroatoms. The van der Waals surface area contributed by atoms with Gasteiger partial charge in [-0.2, -0.15) is 4.31 Å². The van der Waals surface area contributed by atoms with Crippen LogP contribution in [0.4, 0.5) is 5.69 Å². The van der Waals surface area contributed by atoms with Crippen molar-refractivity contribution in [3.05, 3.63) is 66.2 Å². The van der Waals surface area contributed by atoms with Crippen molar-refractivity contribution in [2.75, 3.05) is 24.2 Å². The molecule has 5 nitrogen and oxygen atoms in total. The van der Waals surface area contributed by atoms with Crippen LogP contribution in [0.1, 0.15) is 18.9 Å². The number of nitrogens with zero attached hydrogens (tertiary/aromatic N) is 2. The van der Waals surface area contributed by atoms with E-state index < -0.39 is 10.0 Å². The van der Waals surface area contributed by atoms with Gasteiger partial charge in [-0.25, -0.2) is 8.42 Å². The average molecular weight is 360 g/mol. The number of hydrogen-bond acceptors (Lipinski definition) is 3. The fourth-order valence-corrected chi connectivity index (χ4v) is 3.42. The molecule has 2 rings (SSSR count). The molecule has 0 radical (unpaired) electrons. The first-order chi connectivity index (χ1) is 11.9. The Labute approximate surface area is 149 Å². The molecule has 134 valence electrons. The first kappa shape index (κ1) is 19.1. The van der Waals surface area contributed by atoms with Crippen molar-refractivity contribution in [1.29, 1.82) is 0 Å². The van der Waals surface area contributed by atoms with Gasteiger partial charge in [0.25, 0.3) is 0 Å². The molecule has 0 unspecified atom stereocenters. The quantitative estimate of drug-likeness (QED) is 0.727. The Morgan fingerprint density at radius 3 is 2.04 bits per heavy atom. The highest BCUT2D eigenvalue weighted by molar-refractivity contribution is 7.88. The Morgan fingerprint density at radius 1 is 0.960 bits per heavy atom. The average Bonchev–Trinajstić information content (AvgIpc) is 2.60. The SMILES string of the molecule is CCN(C(=O)CCN(Cc1ccccc1)S(C)(=O)=O)c1ccccc1. The lowest BCUT2D eigenvalue weighted by Crippen LogP contribution is -2.36. The van der Waals surface area contributed by atoms with Gasteiger partial charge in [-0.15, -0.1) is 0 Å². The van der Waals surface area contributed by atoms with Gasteiger partial charge in [0.05, 0.1) is 6.26 Å². The molecule has 2 aromatic rings. The van der Waals surface area contributed by atoms with Gasteiger partial charge in [0.2, 0.25) is 15.9 Å². The lowest BCUT2D eigenvalue weighted by Gasteiger charge is -2.24. The Hall–Kier alpha value is -2.18. The predicted molar refractivity (Wildman–Crippen MR) is 101 cm³/mol. The minimum atomic E-state index is -3.39. The molecular formula is C19H24N2O3S. The standard InChI is InChI=1S/C19H24N2O3S/c1-3-21(18-12-8-5-9-13-18)19(22)14-15-20(25(2,23)24)16-17-10-6-4-7-11-17/h4-13H,3,14-16H2,1-2H3. The summed E-state index contributed by atoms with van der Waals surface area (Å²) in [5.74, 6) is -0.0876. The summed E-state index contributed by atoms with van der Waals surface area (Å²) in [4.78, 5) is 14.2. The molecule has 0 spiro atoms. The topological polar surface area (TPSA) is 57.7 Å². The van der Waals surface area contributed by atoms with E-state index in [0.717, 1.165) is 11.3 Å². The maximum Gasteiger partial charge on any atom is 0.228 e. The molecule has 0 atom stereocenters. The normalized spacial score (nSPS) is 11.5. The molecule has 0 aliphatic heterocycles. The smallest absolute Gasteiger partial charge is 0.228 e. The van der Waals surface area contributed by atoms with Crippen LogP contribution in [0.2, 0.25) is 0 Å². The number of sulfonamides is 1. The minimum Gasteiger partial charge on any atom is -0.313 e. The highest BCUT2D eigenvalue weighted by Crippen LogP contribution is 2.15. The van der Waals surface area contributed by atoms with E-state index in [1.807, 2.05) is 67.6 Å². The molecule has 0 saturated heterocycles. The first-order valence-corrected chi connectivity index (χ1v) is 10.1. The van der Waals surface area contributed by atoms with Crippen molar-refractivity contribution >= 4 is 21.6 Å². The van der Waals surface area contributed by atoms with Crippen LogP contribution >= 0.6 is 0 Å². The Balaban J connectivity index is 2.05. The van der Waals surface area contributed by atoms with E-state index in [-0.39, 0.29) is 25.4 Å². The van der Waals surface area contributed by atoms with Crippen LogP contribution in [0.5, 0.6) is 0 Å². The van der Waals surface area contributed by atoms with Gasteiger partial charge < -0.3 is 4.90 Å². The van der Waals surface area contributed by atoms with Crippen LogP contribution in [0.3, 0.4) is 0 Å². The largest absolute Gasteiger partial charge is 0.313 e. The van der Waals surface area contributed by atoms with Gasteiger partial charge in [0.15, 0.2) is 0 Å². The summed E-state index contributed by atoms with van der Waals surface area (Å²) in [6, 6.07) is 18.8. The van der Waals surface area contributed by atoms with E-state index in [1.165, 1.54) is 10.6 Å². The van der Waals surface area contributed by atoms with Crippen LogP contribution in [0.15, 0.2) is 60.7 Å². The van der Waals surface area contributed by atoms with E-state index in [4.69, 9.17) is 0 Å². The molecule has 0 N–H and O–H groups in total. The molecule has 0 aromatic heterocycles. The molecule has 2 aromatic carbocycles. The second-order valence-electron chi connectivity index (χ2n) is 5.81. The summed E-state index contributed by atoms with van der Waals surface area (Å²) in [5.41, 5.74) is 1.72. The van der Waals surface area contributed by atoms with Crippen LogP contribution in [0, 0.1) is 0 Å². The molecule has 0 heterocycles. The first-order valence-electron chi connectivity index (χ1n) is 8.26. The molecule has 0 aliphatic carbocycles. The Morgan fingerprint density at radius 2 is 1.52 bits per heavy atom. The highest BCUT2D eigenvalue weighted by atomic mass is 32.2. The van der Waals surface area contributed by atoms with Crippen molar-refractivity contribution in [2.24, 2.45) is 0 Å². The zero-order chi connectivity index (χ0) is 18.3. The molecule has 1 amide bonds. The van der Waals surface area contributed by atoms with Gasteiger partial charge in [-0.05, 0) is 24.6 Å². The van der Waals surface area contributed by atoms with Crippen molar-refractivity contribution in [2.45, 2.75) is 19.9 Å². The maximum atomic E-state index is 12.6. The number of rotatable bonds is 8. The summed E-state index contributed by atoms with van der Waals surface area (Å²) in [6.45, 7) is 2.88. The molecule has 0 fully saturated rings. The third kappa shape index (κ3) is 5.69. The lowest BCUT2D eigenvalue weighted by atomic mass is 10.2. The van der Waals surface area contributed by atoms with Gasteiger partial charge in [0.1, 0.15) is 0 Å². The van der Waals surface area contributed by atoms with Crippen molar-refractivity contribution in [3.63, 3.8) is 0 Å². The van der Waals surface area contributed by atoms with E-state index in [1.54, 1.807) is 4.90 Å². The lowest BCUT2D eigenvalue weighted by molar-refractivity contribution is -0.118. The van der Waals surface area contributed by atoms with Crippen LogP contribution in [-0.4, -0.2) is 38.0 Å². The van der Waals surface area contributed by atoms with Crippen LogP contribution in [0.25, 0.3) is 0 Å². The molecule has 25 heavy (non-hydrogen) atoms. The van der Waals surface area contributed by atoms with Gasteiger partial charge >= 0.3 is 0 Å². The zero-order valence-corrected chi connectivity index (χ0v) is 15.4. The maximum absolute atomic E-state index is 12.6. The number of anilines is 1. The number of carbonyl (C=O) groups is 1. The number of hydrogen-bond donors (Lipinski definition) is 0. The summed E-state index contributed by atoms with van der Waals surface area (Å²) in [5, 5.41) is 0. The number of amides is 1. The number of para-hydroxylation sites is 1. The summed E-state index contributed by atoms with van der Waals surface area (Å²) in [7, 11) is -3.39. The predicted octanol–water partition coefficient (Wildman–Crippen LogP) is 2.89. The molecule has 0 saturated carbocycles. The fraction of sp³-hybridized carbons (Fsp3) is 0.316. The monoisotopic (exact) mass is 360 g/mol. The number of carbonyl (C=O) groups excluding carboxylic acids is 1. The Bertz CT molecular complexity index is 777. The third-order valence-electron chi connectivity index (χ3n) is 3.93. The number of benzene rings is 2. The minimum absolute atomic E-state index is 0.0876. The van der Waals surface area contributed by atoms with Crippen LogP contribution < -0.4 is 4.90 Å². The van der Waals surface area contributed by atoms with E-state index in [2.05, 4.69) is 0 Å². The molecule has 0 bridgehead atoms. The van der Waals surface area contributed by atoms with Crippen molar-refractivity contribution in [1.82, 2.24) is 4.31 Å². The van der Waals surface area contributed by atoms with Crippen molar-refractivity contribution < 1.29 is 13.2 Å². The third-order valence-corrected chi connectivity index (χ3v) is 5.18. The van der Waals surface area contributed by atoms with Gasteiger partial charge in [-0.3, -0.25) is 4.79 Å². The van der Waals surface area contributed by atoms with E-state index in [9.17, 15) is 13.2 Å². The van der Waals surface area contributed by atoms with Crippen LogP contribution in [-0.2, 0) is 21.4 Å². The second-order valence-corrected chi connectivity index (χ2v) is 7.79. The summed E-state index contributed by atoms with van der Waals surface area (Å²) >= 11 is 0.